The molecule has 1 aromatic rings. The number of nitrogens with one attached hydrogen (secondary N) is 2. The second kappa shape index (κ2) is 20.8. The van der Waals surface area contributed by atoms with Crippen molar-refractivity contribution >= 4 is 0 Å². The fourth-order valence-electron chi connectivity index (χ4n) is 6.89. The Bertz CT molecular complexity index is 743. The predicted octanol–water partition coefficient (Wildman–Crippen LogP) is 1.29. The van der Waals surface area contributed by atoms with Crippen LogP contribution in [0.5, 0.6) is 0 Å². The summed E-state index contributed by atoms with van der Waals surface area (Å²) in [7, 11) is 0. The largest absolute Gasteiger partial charge is 2.00 e. The number of hydrogen-bond acceptors (Lipinski definition) is 8. The molecule has 6 aliphatic rings. The average Bonchev–Trinajstić information content (AvgIpc) is 2.98. The standard InChI is InChI=1S/C32H58N8.2Ni/c1-9-33-11-19-39(17-3-15-37-25-21-35(13-1)22-26-37)29-31-5-7-32(8-6-31)30-40-18-4-16-38-27-23-36(24-28-38)14-2-10-34-12-20-40;;/h5-8,33-34H,1-4,9-30H2;;/q;2*+2. The normalized spacial score (nSPS) is 29.9. The Morgan fingerprint density at radius 2 is 0.714 bits per heavy atom. The van der Waals surface area contributed by atoms with E-state index in [1.807, 2.05) is 0 Å². The van der Waals surface area contributed by atoms with Gasteiger partial charge in [-0.2, -0.15) is 0 Å². The van der Waals surface area contributed by atoms with Gasteiger partial charge in [-0.3, -0.25) is 9.80 Å². The summed E-state index contributed by atoms with van der Waals surface area (Å²) in [6.45, 7) is 26.3. The number of rotatable bonds is 4. The zero-order valence-electron chi connectivity index (χ0n) is 26.0. The van der Waals surface area contributed by atoms with Crippen LogP contribution in [0.2, 0.25) is 0 Å². The van der Waals surface area contributed by atoms with Crippen LogP contribution in [0.25, 0.3) is 0 Å². The smallest absolute Gasteiger partial charge is 0.315 e. The van der Waals surface area contributed by atoms with Crippen LogP contribution in [-0.4, -0.2) is 160 Å². The molecule has 0 spiro atoms. The molecule has 8 nitrogen and oxygen atoms in total. The van der Waals surface area contributed by atoms with Crippen LogP contribution in [-0.2, 0) is 46.1 Å². The molecule has 6 heterocycles. The van der Waals surface area contributed by atoms with E-state index < -0.39 is 0 Å². The van der Waals surface area contributed by atoms with E-state index in [4.69, 9.17) is 0 Å². The molecule has 6 saturated heterocycles. The van der Waals surface area contributed by atoms with Gasteiger partial charge in [-0.1, -0.05) is 24.3 Å². The number of hydrogen-bond donors (Lipinski definition) is 2. The molecule has 6 aliphatic heterocycles. The average molecular weight is 672 g/mol. The molecule has 2 N–H and O–H groups in total. The molecule has 0 amide bonds. The summed E-state index contributed by atoms with van der Waals surface area (Å²) in [6.07, 6.45) is 5.09. The number of benzene rings is 1. The first kappa shape index (κ1) is 36.4. The summed E-state index contributed by atoms with van der Waals surface area (Å²) in [5.41, 5.74) is 2.92. The van der Waals surface area contributed by atoms with Gasteiger partial charge in [0.15, 0.2) is 0 Å². The maximum Gasteiger partial charge on any atom is 2.00 e. The van der Waals surface area contributed by atoms with Gasteiger partial charge in [-0.25, -0.2) is 0 Å². The fraction of sp³-hybridized carbons (Fsp3) is 0.812. The molecule has 10 heteroatoms. The third kappa shape index (κ3) is 13.1. The van der Waals surface area contributed by atoms with Crippen molar-refractivity contribution in [1.29, 1.82) is 0 Å². The molecular weight excluding hydrogens is 614 g/mol. The molecule has 6 fully saturated rings. The first-order valence-corrected chi connectivity index (χ1v) is 16.6. The second-order valence-corrected chi connectivity index (χ2v) is 12.6. The predicted molar refractivity (Wildman–Crippen MR) is 167 cm³/mol. The minimum absolute atomic E-state index is 0. The van der Waals surface area contributed by atoms with Gasteiger partial charge < -0.3 is 30.2 Å². The SMILES string of the molecule is [Ni+2].[Ni+2].c1cc(CN2CCCN3CCN(CCCNCC2)CC3)ccc1CN1CCCN2CCN(CCCNCC1)CC2. The Morgan fingerprint density at radius 3 is 1.07 bits per heavy atom. The number of fused-ring (bicyclic) bond motifs is 22. The van der Waals surface area contributed by atoms with Gasteiger partial charge in [0.2, 0.25) is 0 Å². The zero-order chi connectivity index (χ0) is 27.2. The van der Waals surface area contributed by atoms with Gasteiger partial charge in [0, 0.05) is 91.6 Å². The van der Waals surface area contributed by atoms with Crippen molar-refractivity contribution in [2.75, 3.05) is 131 Å². The van der Waals surface area contributed by atoms with Crippen molar-refractivity contribution in [3.8, 4) is 0 Å². The summed E-state index contributed by atoms with van der Waals surface area (Å²) >= 11 is 0. The molecule has 7 rings (SSSR count). The number of nitrogens with zero attached hydrogens (tertiary/aromatic N) is 6. The summed E-state index contributed by atoms with van der Waals surface area (Å²) < 4.78 is 0. The molecule has 0 radical (unpaired) electrons. The minimum Gasteiger partial charge on any atom is -0.315 e. The first-order valence-electron chi connectivity index (χ1n) is 16.6. The fourth-order valence-corrected chi connectivity index (χ4v) is 6.89. The van der Waals surface area contributed by atoms with Crippen molar-refractivity contribution in [3.05, 3.63) is 35.4 Å². The summed E-state index contributed by atoms with van der Waals surface area (Å²) in [5, 5.41) is 7.43. The third-order valence-corrected chi connectivity index (χ3v) is 9.53. The maximum absolute atomic E-state index is 3.71. The van der Waals surface area contributed by atoms with Gasteiger partial charge in [-0.15, -0.1) is 0 Å². The summed E-state index contributed by atoms with van der Waals surface area (Å²) in [4.78, 5) is 16.0. The molecule has 4 bridgehead atoms. The number of piperazine rings is 2. The van der Waals surface area contributed by atoms with Gasteiger partial charge in [0.25, 0.3) is 0 Å². The van der Waals surface area contributed by atoms with Crippen molar-refractivity contribution < 1.29 is 33.0 Å². The molecule has 0 aliphatic carbocycles. The quantitative estimate of drug-likeness (QED) is 0.465. The Hall–Kier alpha value is -0.113. The molecular formula is C32H58N8Ni2+4. The Morgan fingerprint density at radius 1 is 0.381 bits per heavy atom. The van der Waals surface area contributed by atoms with E-state index in [-0.39, 0.29) is 33.0 Å². The van der Waals surface area contributed by atoms with Crippen LogP contribution in [0, 0.1) is 0 Å². The maximum atomic E-state index is 3.71. The van der Waals surface area contributed by atoms with Crippen molar-refractivity contribution in [1.82, 2.24) is 40.0 Å². The van der Waals surface area contributed by atoms with E-state index in [1.165, 1.54) is 128 Å². The van der Waals surface area contributed by atoms with E-state index in [0.717, 1.165) is 52.4 Å². The first-order chi connectivity index (χ1) is 19.8. The van der Waals surface area contributed by atoms with Gasteiger partial charge >= 0.3 is 33.0 Å². The van der Waals surface area contributed by atoms with Crippen LogP contribution in [0.15, 0.2) is 24.3 Å². The second-order valence-electron chi connectivity index (χ2n) is 12.6. The van der Waals surface area contributed by atoms with Crippen LogP contribution in [0.4, 0.5) is 0 Å². The van der Waals surface area contributed by atoms with Gasteiger partial charge in [0.1, 0.15) is 0 Å². The van der Waals surface area contributed by atoms with Crippen molar-refractivity contribution in [3.63, 3.8) is 0 Å². The van der Waals surface area contributed by atoms with Gasteiger partial charge in [-0.05, 0) is 89.2 Å². The third-order valence-electron chi connectivity index (χ3n) is 9.53. The van der Waals surface area contributed by atoms with E-state index in [1.54, 1.807) is 0 Å². The molecule has 0 unspecified atom stereocenters. The van der Waals surface area contributed by atoms with E-state index in [9.17, 15) is 0 Å². The Kier molecular flexibility index (Phi) is 18.0. The molecule has 0 saturated carbocycles. The van der Waals surface area contributed by atoms with E-state index >= 15 is 0 Å². The minimum atomic E-state index is 0. The topological polar surface area (TPSA) is 43.5 Å². The Labute approximate surface area is 277 Å². The molecule has 42 heavy (non-hydrogen) atoms. The van der Waals surface area contributed by atoms with E-state index in [2.05, 4.69) is 64.3 Å². The van der Waals surface area contributed by atoms with Crippen LogP contribution < -0.4 is 10.6 Å². The van der Waals surface area contributed by atoms with Gasteiger partial charge in [0.05, 0.1) is 0 Å². The zero-order valence-corrected chi connectivity index (χ0v) is 28.0. The van der Waals surface area contributed by atoms with Crippen molar-refractivity contribution in [2.24, 2.45) is 0 Å². The molecule has 242 valence electrons. The molecule has 0 atom stereocenters. The van der Waals surface area contributed by atoms with E-state index in [0.29, 0.717) is 0 Å². The van der Waals surface area contributed by atoms with Crippen LogP contribution in [0.3, 0.4) is 0 Å². The molecule has 0 aromatic heterocycles. The van der Waals surface area contributed by atoms with Crippen molar-refractivity contribution in [2.45, 2.75) is 38.8 Å². The summed E-state index contributed by atoms with van der Waals surface area (Å²) in [5.74, 6) is 0. The molecule has 1 aromatic carbocycles. The van der Waals surface area contributed by atoms with Crippen LogP contribution >= 0.6 is 0 Å². The summed E-state index contributed by atoms with van der Waals surface area (Å²) in [6, 6.07) is 9.59. The Balaban J connectivity index is 0.00000242. The van der Waals surface area contributed by atoms with Crippen LogP contribution in [0.1, 0.15) is 36.8 Å². The monoisotopic (exact) mass is 670 g/mol.